The van der Waals surface area contributed by atoms with E-state index in [9.17, 15) is 19.5 Å². The van der Waals surface area contributed by atoms with Gasteiger partial charge in [0.15, 0.2) is 0 Å². The second-order valence-electron chi connectivity index (χ2n) is 13.9. The van der Waals surface area contributed by atoms with E-state index in [1.165, 1.54) is 0 Å². The molecule has 3 heterocycles. The number of esters is 1. The first kappa shape index (κ1) is 37.0. The number of nitrogens with zero attached hydrogens (tertiary/aromatic N) is 2. The highest BCUT2D eigenvalue weighted by Crippen LogP contribution is 2.59. The van der Waals surface area contributed by atoms with Gasteiger partial charge in [-0.3, -0.25) is 19.2 Å². The van der Waals surface area contributed by atoms with Gasteiger partial charge >= 0.3 is 5.97 Å². The van der Waals surface area contributed by atoms with Gasteiger partial charge in [0.25, 0.3) is 5.91 Å². The topological polar surface area (TPSA) is 125 Å². The van der Waals surface area contributed by atoms with Gasteiger partial charge in [0.1, 0.15) is 18.2 Å². The molecule has 0 saturated carbocycles. The van der Waals surface area contributed by atoms with Crippen molar-refractivity contribution in [1.82, 2.24) is 10.2 Å². The van der Waals surface area contributed by atoms with Gasteiger partial charge in [0.05, 0.1) is 36.6 Å². The number of allylic oxidation sites excluding steroid dienone is 1. The van der Waals surface area contributed by atoms with Crippen LogP contribution in [-0.4, -0.2) is 77.2 Å². The predicted octanol–water partition coefficient (Wildman–Crippen LogP) is 4.97. The molecular weight excluding hydrogens is 634 g/mol. The van der Waals surface area contributed by atoms with Crippen molar-refractivity contribution in [3.8, 4) is 0 Å². The molecule has 50 heavy (non-hydrogen) atoms. The van der Waals surface area contributed by atoms with E-state index < -0.39 is 53.5 Å². The van der Waals surface area contributed by atoms with Gasteiger partial charge in [0.2, 0.25) is 11.8 Å². The van der Waals surface area contributed by atoms with Crippen LogP contribution in [0.2, 0.25) is 0 Å². The molecule has 3 aliphatic rings. The van der Waals surface area contributed by atoms with Crippen molar-refractivity contribution < 1.29 is 33.8 Å². The minimum atomic E-state index is -1.27. The second-order valence-corrected chi connectivity index (χ2v) is 13.9. The molecule has 10 nitrogen and oxygen atoms in total. The molecule has 10 heteroatoms. The number of rotatable bonds is 16. The summed E-state index contributed by atoms with van der Waals surface area (Å²) in [6, 6.07) is 12.7. The highest BCUT2D eigenvalue weighted by Gasteiger charge is 2.75. The Hall–Kier alpha value is -4.28. The smallest absolute Gasteiger partial charge is 0.306 e. The quantitative estimate of drug-likeness (QED) is 0.189. The number of fused-ring (bicyclic) bond motifs is 1. The second kappa shape index (κ2) is 15.7. The summed E-state index contributed by atoms with van der Waals surface area (Å²) in [5.41, 5.74) is 2.06. The van der Waals surface area contributed by atoms with Crippen molar-refractivity contribution in [2.75, 3.05) is 24.7 Å². The number of hydrogen-bond acceptors (Lipinski definition) is 7. The number of ether oxygens (including phenoxy) is 2. The van der Waals surface area contributed by atoms with Crippen LogP contribution in [0.25, 0.3) is 0 Å². The Morgan fingerprint density at radius 1 is 1.16 bits per heavy atom. The molecule has 0 aliphatic carbocycles. The maximum atomic E-state index is 15.0. The highest BCUT2D eigenvalue weighted by atomic mass is 16.5. The third-order valence-corrected chi connectivity index (χ3v) is 10.8. The van der Waals surface area contributed by atoms with Crippen LogP contribution in [0, 0.1) is 31.6 Å². The molecule has 2 N–H and O–H groups in total. The van der Waals surface area contributed by atoms with E-state index in [0.717, 1.165) is 16.7 Å². The molecule has 3 amide bonds. The zero-order valence-electron chi connectivity index (χ0n) is 29.7. The molecule has 2 aromatic carbocycles. The Kier molecular flexibility index (Phi) is 11.6. The molecule has 5 rings (SSSR count). The van der Waals surface area contributed by atoms with E-state index in [4.69, 9.17) is 9.47 Å². The van der Waals surface area contributed by atoms with E-state index in [-0.39, 0.29) is 43.9 Å². The Bertz CT molecular complexity index is 1590. The lowest BCUT2D eigenvalue weighted by molar-refractivity contribution is -0.147. The zero-order valence-corrected chi connectivity index (χ0v) is 29.7. The molecule has 2 aromatic rings. The van der Waals surface area contributed by atoms with Gasteiger partial charge in [0, 0.05) is 18.7 Å². The van der Waals surface area contributed by atoms with Crippen LogP contribution in [0.4, 0.5) is 5.69 Å². The third-order valence-electron chi connectivity index (χ3n) is 10.8. The Morgan fingerprint density at radius 3 is 2.56 bits per heavy atom. The lowest BCUT2D eigenvalue weighted by Crippen LogP contribution is -2.60. The zero-order chi connectivity index (χ0) is 36.2. The van der Waals surface area contributed by atoms with Crippen molar-refractivity contribution in [3.05, 3.63) is 90.5 Å². The number of amides is 3. The van der Waals surface area contributed by atoms with Crippen LogP contribution >= 0.6 is 0 Å². The predicted molar refractivity (Wildman–Crippen MR) is 191 cm³/mol. The molecule has 8 atom stereocenters. The van der Waals surface area contributed by atoms with Crippen molar-refractivity contribution in [3.63, 3.8) is 0 Å². The van der Waals surface area contributed by atoms with Crippen LogP contribution in [0.15, 0.2) is 73.8 Å². The van der Waals surface area contributed by atoms with Gasteiger partial charge < -0.3 is 29.7 Å². The number of anilines is 1. The fraction of sp³-hybridized carbons (Fsp3) is 0.500. The van der Waals surface area contributed by atoms with Gasteiger partial charge in [-0.25, -0.2) is 0 Å². The summed E-state index contributed by atoms with van der Waals surface area (Å²) in [5, 5.41) is 13.8. The molecule has 3 aliphatic heterocycles. The number of benzene rings is 2. The summed E-state index contributed by atoms with van der Waals surface area (Å²) in [6.45, 7) is 15.2. The number of aliphatic hydroxyl groups excluding tert-OH is 1. The molecule has 0 radical (unpaired) electrons. The molecule has 0 aromatic heterocycles. The fourth-order valence-electron chi connectivity index (χ4n) is 8.08. The molecule has 1 spiro atoms. The Balaban J connectivity index is 1.53. The van der Waals surface area contributed by atoms with E-state index in [2.05, 4.69) is 18.5 Å². The molecule has 2 bridgehead atoms. The van der Waals surface area contributed by atoms with E-state index in [0.29, 0.717) is 31.4 Å². The van der Waals surface area contributed by atoms with Crippen molar-refractivity contribution >= 4 is 29.4 Å². The molecule has 3 saturated heterocycles. The number of aliphatic hydroxyl groups is 1. The van der Waals surface area contributed by atoms with E-state index in [1.54, 1.807) is 22.0 Å². The first-order valence-corrected chi connectivity index (χ1v) is 17.7. The van der Waals surface area contributed by atoms with Crippen molar-refractivity contribution in [2.24, 2.45) is 17.8 Å². The summed E-state index contributed by atoms with van der Waals surface area (Å²) in [7, 11) is 0. The molecular formula is C40H51N3O7. The Morgan fingerprint density at radius 2 is 1.90 bits per heavy atom. The minimum absolute atomic E-state index is 0.0894. The van der Waals surface area contributed by atoms with Gasteiger partial charge in [-0.1, -0.05) is 74.9 Å². The van der Waals surface area contributed by atoms with Crippen LogP contribution in [-0.2, 0) is 28.7 Å². The summed E-state index contributed by atoms with van der Waals surface area (Å²) >= 11 is 0. The van der Waals surface area contributed by atoms with Crippen LogP contribution in [0.5, 0.6) is 0 Å². The monoisotopic (exact) mass is 685 g/mol. The Labute approximate surface area is 295 Å². The standard InChI is InChI=1S/C40H51N3O7/c1-7-10-16-33(45)49-24-29(28-14-12-11-13-15-28)41-37(46)34-32-19-20-40(50-32)35(34)38(47)43(31(23-44)26(5)9-3)36(40)39(48)42(21-8-2)30-22-25(4)17-18-27(30)6/h7-8,11-15,17-18,22,26,29,31-32,34-36,44H,1-2,9-10,16,19-21,23-24H2,3-6H3,(H,41,46)/t26-,29+,31-,32-,34+,35+,36-,40+/m0/s1. The number of carbonyl (C=O) groups excluding carboxylic acids is 4. The van der Waals surface area contributed by atoms with Crippen LogP contribution < -0.4 is 10.2 Å². The van der Waals surface area contributed by atoms with Crippen LogP contribution in [0.1, 0.15) is 68.7 Å². The maximum absolute atomic E-state index is 15.0. The summed E-state index contributed by atoms with van der Waals surface area (Å²) < 4.78 is 12.3. The third kappa shape index (κ3) is 6.88. The van der Waals surface area contributed by atoms with E-state index >= 15 is 4.79 Å². The number of aryl methyl sites for hydroxylation is 2. The molecule has 3 fully saturated rings. The highest BCUT2D eigenvalue weighted by molar-refractivity contribution is 6.05. The first-order chi connectivity index (χ1) is 24.0. The molecule has 0 unspecified atom stereocenters. The van der Waals surface area contributed by atoms with E-state index in [1.807, 2.05) is 76.2 Å². The van der Waals surface area contributed by atoms with Gasteiger partial charge in [-0.2, -0.15) is 0 Å². The van der Waals surface area contributed by atoms with Gasteiger partial charge in [-0.15, -0.1) is 13.2 Å². The average molecular weight is 686 g/mol. The number of nitrogens with one attached hydrogen (secondary N) is 1. The minimum Gasteiger partial charge on any atom is -0.463 e. The summed E-state index contributed by atoms with van der Waals surface area (Å²) in [6.07, 6.45) is 4.94. The fourth-order valence-corrected chi connectivity index (χ4v) is 8.08. The number of carbonyl (C=O) groups is 4. The molecule has 268 valence electrons. The number of likely N-dealkylation sites (tertiary alicyclic amines) is 1. The lowest BCUT2D eigenvalue weighted by atomic mass is 9.70. The first-order valence-electron chi connectivity index (χ1n) is 17.7. The lowest BCUT2D eigenvalue weighted by Gasteiger charge is -2.41. The normalized spacial score (nSPS) is 25.4. The summed E-state index contributed by atoms with van der Waals surface area (Å²) in [5.74, 6) is -3.46. The summed E-state index contributed by atoms with van der Waals surface area (Å²) in [4.78, 5) is 59.9. The SMILES string of the molecule is C=CCCC(=O)OC[C@@H](NC(=O)[C@@H]1[C@@H]2CC[C@]3(O2)[C@H](C(=O)N(CC=C)c2cc(C)ccc2C)N([C@@H](CO)[C@@H](C)CC)C(=O)[C@@H]13)c1ccccc1. The van der Waals surface area contributed by atoms with Gasteiger partial charge in [-0.05, 0) is 61.8 Å². The van der Waals surface area contributed by atoms with Crippen LogP contribution in [0.3, 0.4) is 0 Å². The maximum Gasteiger partial charge on any atom is 0.306 e. The number of hydrogen-bond donors (Lipinski definition) is 2. The van der Waals surface area contributed by atoms with Crippen molar-refractivity contribution in [1.29, 1.82) is 0 Å². The average Bonchev–Trinajstić information content (AvgIpc) is 3.77. The van der Waals surface area contributed by atoms with Crippen molar-refractivity contribution in [2.45, 2.75) is 89.6 Å². The largest absolute Gasteiger partial charge is 0.463 e.